The van der Waals surface area contributed by atoms with Crippen molar-refractivity contribution in [3.05, 3.63) is 36.3 Å². The van der Waals surface area contributed by atoms with Gasteiger partial charge in [-0.1, -0.05) is 0 Å². The van der Waals surface area contributed by atoms with Crippen LogP contribution >= 0.6 is 11.6 Å². The van der Waals surface area contributed by atoms with Crippen molar-refractivity contribution >= 4 is 11.6 Å². The summed E-state index contributed by atoms with van der Waals surface area (Å²) in [6, 6.07) is 3.49. The van der Waals surface area contributed by atoms with E-state index in [0.29, 0.717) is 17.3 Å². The van der Waals surface area contributed by atoms with E-state index in [0.717, 1.165) is 0 Å². The summed E-state index contributed by atoms with van der Waals surface area (Å²) in [5, 5.41) is 4.01. The Kier molecular flexibility index (Phi) is 3.21. The topological polar surface area (TPSA) is 91.5 Å². The van der Waals surface area contributed by atoms with E-state index in [1.165, 1.54) is 17.3 Å². The van der Waals surface area contributed by atoms with Gasteiger partial charge in [-0.15, -0.1) is 0 Å². The second-order valence-corrected chi connectivity index (χ2v) is 4.00. The van der Waals surface area contributed by atoms with Crippen LogP contribution in [0.3, 0.4) is 0 Å². The van der Waals surface area contributed by atoms with Crippen molar-refractivity contribution in [1.29, 1.82) is 0 Å². The molecule has 0 saturated heterocycles. The molecule has 0 fully saturated rings. The van der Waals surface area contributed by atoms with Crippen LogP contribution in [0.4, 0.5) is 0 Å². The fraction of sp³-hybridized carbons (Fsp3) is 0.0909. The Morgan fingerprint density at radius 1 is 1.20 bits per heavy atom. The maximum absolute atomic E-state index is 5.91. The normalized spacial score (nSPS) is 10.5. The highest BCUT2D eigenvalue weighted by molar-refractivity contribution is 6.28. The number of hydrogen-bond acceptors (Lipinski definition) is 7. The van der Waals surface area contributed by atoms with E-state index < -0.39 is 0 Å². The van der Waals surface area contributed by atoms with Crippen molar-refractivity contribution in [1.82, 2.24) is 34.7 Å². The molecule has 0 atom stereocenters. The average molecular weight is 290 g/mol. The zero-order valence-corrected chi connectivity index (χ0v) is 11.1. The van der Waals surface area contributed by atoms with Crippen LogP contribution in [0, 0.1) is 0 Å². The second-order valence-electron chi connectivity index (χ2n) is 3.66. The summed E-state index contributed by atoms with van der Waals surface area (Å²) in [4.78, 5) is 20.3. The van der Waals surface area contributed by atoms with Gasteiger partial charge in [0.05, 0.1) is 7.11 Å². The maximum atomic E-state index is 5.91. The minimum Gasteiger partial charge on any atom is -0.481 e. The molecule has 0 aliphatic carbocycles. The molecule has 3 aromatic rings. The van der Waals surface area contributed by atoms with Crippen molar-refractivity contribution in [3.63, 3.8) is 0 Å². The number of halogens is 1. The molecule has 3 heterocycles. The third kappa shape index (κ3) is 2.41. The first-order valence-electron chi connectivity index (χ1n) is 5.53. The number of rotatable bonds is 3. The van der Waals surface area contributed by atoms with E-state index in [-0.39, 0.29) is 11.2 Å². The molecule has 8 nitrogen and oxygen atoms in total. The van der Waals surface area contributed by atoms with Crippen molar-refractivity contribution < 1.29 is 4.74 Å². The predicted octanol–water partition coefficient (Wildman–Crippen LogP) is 1.18. The van der Waals surface area contributed by atoms with Gasteiger partial charge in [-0.05, 0) is 17.7 Å². The molecule has 0 aliphatic rings. The molecule has 0 radical (unpaired) electrons. The van der Waals surface area contributed by atoms with E-state index >= 15 is 0 Å². The van der Waals surface area contributed by atoms with Gasteiger partial charge in [-0.3, -0.25) is 0 Å². The zero-order valence-electron chi connectivity index (χ0n) is 10.3. The molecule has 0 amide bonds. The van der Waals surface area contributed by atoms with Gasteiger partial charge in [0.1, 0.15) is 12.7 Å². The first-order valence-corrected chi connectivity index (χ1v) is 5.91. The molecule has 0 saturated carbocycles. The molecule has 0 unspecified atom stereocenters. The molecular formula is C11H8ClN7O. The third-order valence-electron chi connectivity index (χ3n) is 2.42. The SMILES string of the molecule is COc1ccc(-c2nc(Cl)nc(-n3cncn3)n2)cn1. The summed E-state index contributed by atoms with van der Waals surface area (Å²) in [6.45, 7) is 0. The fourth-order valence-corrected chi connectivity index (χ4v) is 1.67. The summed E-state index contributed by atoms with van der Waals surface area (Å²) in [6.07, 6.45) is 4.45. The van der Waals surface area contributed by atoms with Gasteiger partial charge in [-0.25, -0.2) is 9.97 Å². The first kappa shape index (κ1) is 12.4. The summed E-state index contributed by atoms with van der Waals surface area (Å²) in [5.41, 5.74) is 0.691. The summed E-state index contributed by atoms with van der Waals surface area (Å²) in [7, 11) is 1.55. The van der Waals surface area contributed by atoms with Gasteiger partial charge in [0.25, 0.3) is 5.95 Å². The fourth-order valence-electron chi connectivity index (χ4n) is 1.52. The second kappa shape index (κ2) is 5.17. The number of pyridine rings is 1. The molecule has 100 valence electrons. The Balaban J connectivity index is 2.04. The van der Waals surface area contributed by atoms with Gasteiger partial charge in [0.15, 0.2) is 5.82 Å². The van der Waals surface area contributed by atoms with Gasteiger partial charge in [0.2, 0.25) is 11.2 Å². The maximum Gasteiger partial charge on any atom is 0.256 e. The standard InChI is InChI=1S/C11H8ClN7O/c1-20-8-3-2-7(4-14-8)9-16-10(12)18-11(17-9)19-6-13-5-15-19/h2-6H,1H3. The number of nitrogens with zero attached hydrogens (tertiary/aromatic N) is 7. The van der Waals surface area contributed by atoms with Crippen LogP contribution in [0.15, 0.2) is 31.0 Å². The average Bonchev–Trinajstić information content (AvgIpc) is 3.01. The van der Waals surface area contributed by atoms with Gasteiger partial charge in [0, 0.05) is 17.8 Å². The number of aromatic nitrogens is 7. The lowest BCUT2D eigenvalue weighted by Crippen LogP contribution is -2.05. The van der Waals surface area contributed by atoms with Crippen LogP contribution in [0.1, 0.15) is 0 Å². The van der Waals surface area contributed by atoms with Crippen LogP contribution in [0.5, 0.6) is 5.88 Å². The number of methoxy groups -OCH3 is 1. The third-order valence-corrected chi connectivity index (χ3v) is 2.59. The largest absolute Gasteiger partial charge is 0.481 e. The number of ether oxygens (including phenoxy) is 1. The Morgan fingerprint density at radius 3 is 2.75 bits per heavy atom. The van der Waals surface area contributed by atoms with E-state index in [1.54, 1.807) is 25.4 Å². The van der Waals surface area contributed by atoms with Crippen molar-refractivity contribution in [2.75, 3.05) is 7.11 Å². The quantitative estimate of drug-likeness (QED) is 0.715. The van der Waals surface area contributed by atoms with E-state index in [1.807, 2.05) is 0 Å². The Hall–Kier alpha value is -2.61. The van der Waals surface area contributed by atoms with Gasteiger partial charge < -0.3 is 4.74 Å². The van der Waals surface area contributed by atoms with E-state index in [2.05, 4.69) is 30.0 Å². The lowest BCUT2D eigenvalue weighted by Gasteiger charge is -2.04. The van der Waals surface area contributed by atoms with Crippen LogP contribution < -0.4 is 4.74 Å². The van der Waals surface area contributed by atoms with Crippen LogP contribution in [-0.4, -0.2) is 41.8 Å². The van der Waals surface area contributed by atoms with Crippen molar-refractivity contribution in [2.24, 2.45) is 0 Å². The molecule has 0 bridgehead atoms. The molecule has 0 spiro atoms. The minimum absolute atomic E-state index is 0.0660. The van der Waals surface area contributed by atoms with Crippen LogP contribution in [0.2, 0.25) is 5.28 Å². The lowest BCUT2D eigenvalue weighted by molar-refractivity contribution is 0.398. The molecule has 3 aromatic heterocycles. The lowest BCUT2D eigenvalue weighted by atomic mass is 10.3. The molecule has 0 aliphatic heterocycles. The van der Waals surface area contributed by atoms with Crippen molar-refractivity contribution in [2.45, 2.75) is 0 Å². The van der Waals surface area contributed by atoms with Crippen LogP contribution in [-0.2, 0) is 0 Å². The Labute approximate surface area is 118 Å². The molecule has 20 heavy (non-hydrogen) atoms. The van der Waals surface area contributed by atoms with Gasteiger partial charge >= 0.3 is 0 Å². The highest BCUT2D eigenvalue weighted by Crippen LogP contribution is 2.18. The number of hydrogen-bond donors (Lipinski definition) is 0. The highest BCUT2D eigenvalue weighted by Gasteiger charge is 2.10. The van der Waals surface area contributed by atoms with Gasteiger partial charge in [-0.2, -0.15) is 24.7 Å². The predicted molar refractivity (Wildman–Crippen MR) is 69.5 cm³/mol. The molecule has 3 rings (SSSR count). The highest BCUT2D eigenvalue weighted by atomic mass is 35.5. The summed E-state index contributed by atoms with van der Waals surface area (Å²) < 4.78 is 6.40. The van der Waals surface area contributed by atoms with E-state index in [4.69, 9.17) is 16.3 Å². The summed E-state index contributed by atoms with van der Waals surface area (Å²) >= 11 is 5.91. The molecule has 9 heteroatoms. The minimum atomic E-state index is 0.0660. The van der Waals surface area contributed by atoms with Crippen molar-refractivity contribution in [3.8, 4) is 23.2 Å². The van der Waals surface area contributed by atoms with E-state index in [9.17, 15) is 0 Å². The Morgan fingerprint density at radius 2 is 2.10 bits per heavy atom. The molecule has 0 N–H and O–H groups in total. The monoisotopic (exact) mass is 289 g/mol. The smallest absolute Gasteiger partial charge is 0.256 e. The Bertz CT molecular complexity index is 714. The zero-order chi connectivity index (χ0) is 13.9. The van der Waals surface area contributed by atoms with Crippen LogP contribution in [0.25, 0.3) is 17.3 Å². The molecule has 0 aromatic carbocycles. The first-order chi connectivity index (χ1) is 9.76. The molecular weight excluding hydrogens is 282 g/mol. The summed E-state index contributed by atoms with van der Waals surface area (Å²) in [5.74, 6) is 1.18.